The van der Waals surface area contributed by atoms with E-state index in [9.17, 15) is 13.2 Å². The Morgan fingerprint density at radius 2 is 2.30 bits per heavy atom. The van der Waals surface area contributed by atoms with E-state index in [-0.39, 0.29) is 11.9 Å². The molecule has 0 aliphatic carbocycles. The van der Waals surface area contributed by atoms with Crippen molar-refractivity contribution in [1.29, 1.82) is 0 Å². The van der Waals surface area contributed by atoms with Crippen molar-refractivity contribution in [3.63, 3.8) is 0 Å². The van der Waals surface area contributed by atoms with E-state index in [1.54, 1.807) is 24.1 Å². The van der Waals surface area contributed by atoms with Gasteiger partial charge in [-0.25, -0.2) is 13.1 Å². The van der Waals surface area contributed by atoms with Crippen molar-refractivity contribution < 1.29 is 13.2 Å². The smallest absolute Gasteiger partial charge is 0.257 e. The van der Waals surface area contributed by atoms with Crippen molar-refractivity contribution in [2.45, 2.75) is 25.3 Å². The number of nitrogens with one attached hydrogen (secondary N) is 1. The fraction of sp³-hybridized carbons (Fsp3) is 0.667. The lowest BCUT2D eigenvalue weighted by Gasteiger charge is -2.24. The Balaban J connectivity index is 1.95. The lowest BCUT2D eigenvalue weighted by atomic mass is 10.1. The molecule has 0 unspecified atom stereocenters. The number of rotatable bonds is 5. The summed E-state index contributed by atoms with van der Waals surface area (Å²) in [5, 5.41) is 4.01. The van der Waals surface area contributed by atoms with Crippen LogP contribution in [0, 0.1) is 0 Å². The van der Waals surface area contributed by atoms with Crippen LogP contribution in [-0.4, -0.2) is 54.4 Å². The van der Waals surface area contributed by atoms with Gasteiger partial charge in [0.1, 0.15) is 0 Å². The van der Waals surface area contributed by atoms with Crippen LogP contribution in [0.3, 0.4) is 0 Å². The molecule has 1 aliphatic heterocycles. The third kappa shape index (κ3) is 3.80. The van der Waals surface area contributed by atoms with Gasteiger partial charge in [0, 0.05) is 32.4 Å². The van der Waals surface area contributed by atoms with Crippen LogP contribution in [0.25, 0.3) is 0 Å². The van der Waals surface area contributed by atoms with Crippen molar-refractivity contribution in [1.82, 2.24) is 19.4 Å². The molecule has 1 aromatic rings. The first-order chi connectivity index (χ1) is 9.37. The molecule has 0 aromatic carbocycles. The summed E-state index contributed by atoms with van der Waals surface area (Å²) in [4.78, 5) is 14.2. The van der Waals surface area contributed by atoms with Crippen LogP contribution in [0.15, 0.2) is 12.4 Å². The molecule has 7 nitrogen and oxygen atoms in total. The summed E-state index contributed by atoms with van der Waals surface area (Å²) in [6, 6.07) is 0.0944. The summed E-state index contributed by atoms with van der Waals surface area (Å²) in [5.74, 6) is -0.0278. The summed E-state index contributed by atoms with van der Waals surface area (Å²) in [7, 11) is -1.40. The molecule has 8 heteroatoms. The first kappa shape index (κ1) is 15.0. The Labute approximate surface area is 119 Å². The Hall–Kier alpha value is -1.41. The van der Waals surface area contributed by atoms with E-state index in [0.29, 0.717) is 18.5 Å². The quantitative estimate of drug-likeness (QED) is 0.827. The molecular weight excluding hydrogens is 280 g/mol. The number of hydrogen-bond acceptors (Lipinski definition) is 4. The van der Waals surface area contributed by atoms with E-state index in [1.807, 2.05) is 4.90 Å². The molecule has 1 N–H and O–H groups in total. The van der Waals surface area contributed by atoms with Crippen molar-refractivity contribution in [3.05, 3.63) is 18.0 Å². The highest BCUT2D eigenvalue weighted by Gasteiger charge is 2.29. The van der Waals surface area contributed by atoms with Crippen molar-refractivity contribution >= 4 is 15.9 Å². The number of carbonyl (C=O) groups is 1. The largest absolute Gasteiger partial charge is 0.336 e. The number of likely N-dealkylation sites (tertiary alicyclic amines) is 1. The van der Waals surface area contributed by atoms with Gasteiger partial charge in [-0.1, -0.05) is 0 Å². The monoisotopic (exact) mass is 300 g/mol. The van der Waals surface area contributed by atoms with Gasteiger partial charge in [0.2, 0.25) is 10.0 Å². The van der Waals surface area contributed by atoms with Crippen LogP contribution in [0.4, 0.5) is 0 Å². The van der Waals surface area contributed by atoms with Gasteiger partial charge >= 0.3 is 0 Å². The van der Waals surface area contributed by atoms with Crippen LogP contribution in [0.1, 0.15) is 29.6 Å². The van der Waals surface area contributed by atoms with Crippen LogP contribution < -0.4 is 4.72 Å². The number of amides is 1. The fourth-order valence-corrected chi connectivity index (χ4v) is 3.00. The lowest BCUT2D eigenvalue weighted by Crippen LogP contribution is -2.37. The Bertz CT molecular complexity index is 581. The summed E-state index contributed by atoms with van der Waals surface area (Å²) >= 11 is 0. The van der Waals surface area contributed by atoms with E-state index in [2.05, 4.69) is 9.82 Å². The average Bonchev–Trinajstić information content (AvgIpc) is 2.95. The highest BCUT2D eigenvalue weighted by atomic mass is 32.2. The average molecular weight is 300 g/mol. The highest BCUT2D eigenvalue weighted by molar-refractivity contribution is 7.88. The molecule has 1 aliphatic rings. The highest BCUT2D eigenvalue weighted by Crippen LogP contribution is 2.22. The Morgan fingerprint density at radius 1 is 1.55 bits per heavy atom. The number of hydrogen-bond donors (Lipinski definition) is 1. The molecule has 1 fully saturated rings. The van der Waals surface area contributed by atoms with Crippen molar-refractivity contribution in [2.24, 2.45) is 7.05 Å². The second kappa shape index (κ2) is 5.92. The maximum Gasteiger partial charge on any atom is 0.257 e. The first-order valence-corrected chi connectivity index (χ1v) is 8.50. The molecule has 2 heterocycles. The third-order valence-electron chi connectivity index (χ3n) is 3.43. The van der Waals surface area contributed by atoms with Gasteiger partial charge in [-0.05, 0) is 19.3 Å². The van der Waals surface area contributed by atoms with E-state index >= 15 is 0 Å². The molecule has 0 bridgehead atoms. The molecule has 112 valence electrons. The van der Waals surface area contributed by atoms with Gasteiger partial charge in [0.05, 0.1) is 18.0 Å². The number of aromatic nitrogens is 2. The van der Waals surface area contributed by atoms with Gasteiger partial charge in [-0.2, -0.15) is 5.10 Å². The predicted molar refractivity (Wildman–Crippen MR) is 74.7 cm³/mol. The summed E-state index contributed by atoms with van der Waals surface area (Å²) in [6.45, 7) is 1.08. The molecule has 1 aromatic heterocycles. The van der Waals surface area contributed by atoms with E-state index in [4.69, 9.17) is 0 Å². The van der Waals surface area contributed by atoms with Gasteiger partial charge in [0.15, 0.2) is 0 Å². The molecule has 0 radical (unpaired) electrons. The zero-order valence-corrected chi connectivity index (χ0v) is 12.6. The third-order valence-corrected chi connectivity index (χ3v) is 4.16. The maximum atomic E-state index is 12.4. The van der Waals surface area contributed by atoms with Gasteiger partial charge in [-0.15, -0.1) is 0 Å². The SMILES string of the molecule is Cn1cc(C(=O)N2CCC[C@H]2CCNS(C)(=O)=O)cn1. The van der Waals surface area contributed by atoms with Crippen LogP contribution in [0.5, 0.6) is 0 Å². The van der Waals surface area contributed by atoms with E-state index in [1.165, 1.54) is 0 Å². The molecule has 1 atom stereocenters. The minimum Gasteiger partial charge on any atom is -0.336 e. The number of carbonyl (C=O) groups excluding carboxylic acids is 1. The normalized spacial score (nSPS) is 19.5. The summed E-state index contributed by atoms with van der Waals surface area (Å²) < 4.78 is 26.2. The lowest BCUT2D eigenvalue weighted by molar-refractivity contribution is 0.0731. The van der Waals surface area contributed by atoms with Gasteiger partial charge in [0.25, 0.3) is 5.91 Å². The topological polar surface area (TPSA) is 84.3 Å². The number of aryl methyl sites for hydroxylation is 1. The predicted octanol–water partition coefficient (Wildman–Crippen LogP) is -0.0360. The van der Waals surface area contributed by atoms with Crippen LogP contribution >= 0.6 is 0 Å². The van der Waals surface area contributed by atoms with Crippen LogP contribution in [0.2, 0.25) is 0 Å². The minimum absolute atomic E-state index is 0.0278. The minimum atomic E-state index is -3.17. The molecule has 20 heavy (non-hydrogen) atoms. The zero-order valence-electron chi connectivity index (χ0n) is 11.7. The summed E-state index contributed by atoms with van der Waals surface area (Å²) in [5.41, 5.74) is 0.579. The standard InChI is InChI=1S/C12H20N4O3S/c1-15-9-10(8-13-15)12(17)16-7-3-4-11(16)5-6-14-20(2,18)19/h8-9,11,14H,3-7H2,1-2H3/t11-/m0/s1. The Morgan fingerprint density at radius 3 is 2.90 bits per heavy atom. The number of sulfonamides is 1. The fourth-order valence-electron chi connectivity index (χ4n) is 2.51. The second-order valence-electron chi connectivity index (χ2n) is 5.15. The molecule has 1 saturated heterocycles. The van der Waals surface area contributed by atoms with E-state index in [0.717, 1.165) is 25.6 Å². The Kier molecular flexibility index (Phi) is 4.44. The second-order valence-corrected chi connectivity index (χ2v) is 6.99. The van der Waals surface area contributed by atoms with Crippen molar-refractivity contribution in [2.75, 3.05) is 19.3 Å². The van der Waals surface area contributed by atoms with Gasteiger partial charge in [-0.3, -0.25) is 9.48 Å². The molecule has 0 spiro atoms. The first-order valence-electron chi connectivity index (χ1n) is 6.61. The van der Waals surface area contributed by atoms with Gasteiger partial charge < -0.3 is 4.90 Å². The molecule has 1 amide bonds. The van der Waals surface area contributed by atoms with E-state index < -0.39 is 10.0 Å². The maximum absolute atomic E-state index is 12.4. The zero-order chi connectivity index (χ0) is 14.8. The number of nitrogens with zero attached hydrogens (tertiary/aromatic N) is 3. The molecular formula is C12H20N4O3S. The molecule has 0 saturated carbocycles. The van der Waals surface area contributed by atoms with Crippen molar-refractivity contribution in [3.8, 4) is 0 Å². The summed E-state index contributed by atoms with van der Waals surface area (Å²) in [6.07, 6.45) is 6.91. The molecule has 2 rings (SSSR count). The van der Waals surface area contributed by atoms with Crippen LogP contribution in [-0.2, 0) is 17.1 Å².